The highest BCUT2D eigenvalue weighted by molar-refractivity contribution is 6.74. The lowest BCUT2D eigenvalue weighted by Gasteiger charge is -2.51. The van der Waals surface area contributed by atoms with E-state index in [2.05, 4.69) is 59.9 Å². The van der Waals surface area contributed by atoms with Gasteiger partial charge in [-0.25, -0.2) is 0 Å². The molecule has 2 aliphatic carbocycles. The van der Waals surface area contributed by atoms with E-state index in [1.807, 2.05) is 0 Å². The Morgan fingerprint density at radius 1 is 1.23 bits per heavy atom. The summed E-state index contributed by atoms with van der Waals surface area (Å²) in [6.07, 6.45) is 9.61. The van der Waals surface area contributed by atoms with Crippen LogP contribution in [0.2, 0.25) is 18.1 Å². The Balaban J connectivity index is 2.26. The maximum absolute atomic E-state index is 11.8. The highest BCUT2D eigenvalue weighted by atomic mass is 28.4. The van der Waals surface area contributed by atoms with Crippen molar-refractivity contribution in [2.45, 2.75) is 78.1 Å². The Labute approximate surface area is 137 Å². The summed E-state index contributed by atoms with van der Waals surface area (Å²) in [6.45, 7) is 15.9. The van der Waals surface area contributed by atoms with Crippen molar-refractivity contribution in [3.05, 3.63) is 12.2 Å². The van der Waals surface area contributed by atoms with Crippen molar-refractivity contribution in [2.24, 2.45) is 23.2 Å². The molecule has 3 heteroatoms. The smallest absolute Gasteiger partial charge is 0.192 e. The minimum Gasteiger partial charge on any atom is -0.413 e. The van der Waals surface area contributed by atoms with Gasteiger partial charge in [0.2, 0.25) is 0 Å². The topological polar surface area (TPSA) is 26.3 Å². The minimum atomic E-state index is -1.76. The summed E-state index contributed by atoms with van der Waals surface area (Å²) in [5.41, 5.74) is -0.227. The molecular formula is C19H34O2Si. The fourth-order valence-electron chi connectivity index (χ4n) is 3.89. The average molecular weight is 323 g/mol. The number of hydrogen-bond donors (Lipinski definition) is 0. The molecule has 0 N–H and O–H groups in total. The molecule has 1 fully saturated rings. The lowest BCUT2D eigenvalue weighted by atomic mass is 9.57. The van der Waals surface area contributed by atoms with Crippen LogP contribution in [0.5, 0.6) is 0 Å². The van der Waals surface area contributed by atoms with Gasteiger partial charge in [-0.1, -0.05) is 53.2 Å². The lowest BCUT2D eigenvalue weighted by molar-refractivity contribution is -0.124. The Bertz CT molecular complexity index is 449. The summed E-state index contributed by atoms with van der Waals surface area (Å²) in [6, 6.07) is 0. The van der Waals surface area contributed by atoms with E-state index in [0.29, 0.717) is 23.9 Å². The van der Waals surface area contributed by atoms with E-state index in [1.54, 1.807) is 0 Å². The maximum atomic E-state index is 11.8. The van der Waals surface area contributed by atoms with Gasteiger partial charge in [-0.3, -0.25) is 0 Å². The molecule has 0 aliphatic heterocycles. The first-order chi connectivity index (χ1) is 10.0. The number of fused-ring (bicyclic) bond motifs is 1. The van der Waals surface area contributed by atoms with Crippen LogP contribution in [0.25, 0.3) is 0 Å². The van der Waals surface area contributed by atoms with E-state index in [1.165, 1.54) is 12.7 Å². The van der Waals surface area contributed by atoms with Crippen LogP contribution in [0, 0.1) is 23.2 Å². The normalized spacial score (nSPS) is 39.4. The maximum Gasteiger partial charge on any atom is 0.192 e. The van der Waals surface area contributed by atoms with Gasteiger partial charge < -0.3 is 9.22 Å². The van der Waals surface area contributed by atoms with Gasteiger partial charge in [0, 0.05) is 11.3 Å². The van der Waals surface area contributed by atoms with Crippen molar-refractivity contribution in [3.63, 3.8) is 0 Å². The number of carbonyl (C=O) groups excluding carboxylic acids is 1. The summed E-state index contributed by atoms with van der Waals surface area (Å²) in [7, 11) is -1.76. The SMILES string of the molecule is C[C@@H]1C=C[C@@H]2C(O[Si](C)(C)C(C)(C)C)CCC[C@H]2[C@]1(C)C=O. The summed E-state index contributed by atoms with van der Waals surface area (Å²) in [5, 5.41) is 0.236. The Hall–Kier alpha value is -0.413. The van der Waals surface area contributed by atoms with Gasteiger partial charge >= 0.3 is 0 Å². The van der Waals surface area contributed by atoms with E-state index >= 15 is 0 Å². The number of carbonyl (C=O) groups is 1. The van der Waals surface area contributed by atoms with Crippen LogP contribution in [-0.4, -0.2) is 20.7 Å². The van der Waals surface area contributed by atoms with Gasteiger partial charge in [0.25, 0.3) is 0 Å². The van der Waals surface area contributed by atoms with Crippen molar-refractivity contribution >= 4 is 14.6 Å². The second-order valence-electron chi connectivity index (χ2n) is 9.19. The van der Waals surface area contributed by atoms with E-state index in [4.69, 9.17) is 4.43 Å². The highest BCUT2D eigenvalue weighted by Crippen LogP contribution is 2.51. The third kappa shape index (κ3) is 2.99. The first-order valence-corrected chi connectivity index (χ1v) is 11.8. The Morgan fingerprint density at radius 2 is 1.86 bits per heavy atom. The predicted octanol–water partition coefficient (Wildman–Crippen LogP) is 5.20. The van der Waals surface area contributed by atoms with Crippen LogP contribution in [0.4, 0.5) is 0 Å². The molecule has 2 aliphatic rings. The predicted molar refractivity (Wildman–Crippen MR) is 95.4 cm³/mol. The van der Waals surface area contributed by atoms with Gasteiger partial charge in [-0.15, -0.1) is 0 Å². The van der Waals surface area contributed by atoms with E-state index in [9.17, 15) is 4.79 Å². The van der Waals surface area contributed by atoms with Gasteiger partial charge in [-0.05, 0) is 42.8 Å². The molecular weight excluding hydrogens is 288 g/mol. The van der Waals surface area contributed by atoms with E-state index < -0.39 is 8.32 Å². The zero-order chi connectivity index (χ0) is 16.8. The molecule has 0 saturated heterocycles. The fraction of sp³-hybridized carbons (Fsp3) is 0.842. The summed E-state index contributed by atoms with van der Waals surface area (Å²) in [4.78, 5) is 11.8. The van der Waals surface area contributed by atoms with E-state index in [-0.39, 0.29) is 10.5 Å². The van der Waals surface area contributed by atoms with Crippen LogP contribution in [0.1, 0.15) is 53.9 Å². The molecule has 126 valence electrons. The molecule has 0 aromatic heterocycles. The molecule has 1 saturated carbocycles. The molecule has 0 heterocycles. The molecule has 0 radical (unpaired) electrons. The minimum absolute atomic E-state index is 0.227. The first-order valence-electron chi connectivity index (χ1n) is 8.85. The molecule has 1 unspecified atom stereocenters. The Kier molecular flexibility index (Phi) is 4.81. The first kappa shape index (κ1) is 17.9. The fourth-order valence-corrected chi connectivity index (χ4v) is 5.28. The van der Waals surface area contributed by atoms with Crippen molar-refractivity contribution in [1.29, 1.82) is 0 Å². The molecule has 5 atom stereocenters. The average Bonchev–Trinajstić information content (AvgIpc) is 2.42. The zero-order valence-electron chi connectivity index (χ0n) is 15.5. The quantitative estimate of drug-likeness (QED) is 0.405. The van der Waals surface area contributed by atoms with Crippen LogP contribution in [0.15, 0.2) is 12.2 Å². The van der Waals surface area contributed by atoms with Gasteiger partial charge in [0.1, 0.15) is 6.29 Å². The molecule has 0 aromatic rings. The third-order valence-electron chi connectivity index (χ3n) is 6.81. The molecule has 22 heavy (non-hydrogen) atoms. The van der Waals surface area contributed by atoms with Crippen molar-refractivity contribution in [1.82, 2.24) is 0 Å². The number of rotatable bonds is 3. The molecule has 0 bridgehead atoms. The second kappa shape index (κ2) is 5.90. The molecule has 0 spiro atoms. The van der Waals surface area contributed by atoms with Crippen LogP contribution in [-0.2, 0) is 9.22 Å². The van der Waals surface area contributed by atoms with Gasteiger partial charge in [-0.2, -0.15) is 0 Å². The summed E-state index contributed by atoms with van der Waals surface area (Å²) in [5.74, 6) is 1.18. The van der Waals surface area contributed by atoms with Crippen molar-refractivity contribution < 1.29 is 9.22 Å². The van der Waals surface area contributed by atoms with Crippen molar-refractivity contribution in [2.75, 3.05) is 0 Å². The lowest BCUT2D eigenvalue weighted by Crippen LogP contribution is -2.52. The zero-order valence-corrected chi connectivity index (χ0v) is 16.5. The monoisotopic (exact) mass is 322 g/mol. The van der Waals surface area contributed by atoms with Crippen molar-refractivity contribution in [3.8, 4) is 0 Å². The summed E-state index contributed by atoms with van der Waals surface area (Å²) >= 11 is 0. The van der Waals surface area contributed by atoms with Gasteiger partial charge in [0.15, 0.2) is 8.32 Å². The van der Waals surface area contributed by atoms with Crippen LogP contribution in [0.3, 0.4) is 0 Å². The standard InChI is InChI=1S/C19H34O2Si/c1-14-11-12-15-16(19(14,5)13-20)9-8-10-17(15)21-22(6,7)18(2,3)4/h11-17H,8-10H2,1-7H3/t14-,15+,16-,17?,19-/m1/s1. The van der Waals surface area contributed by atoms with Crippen LogP contribution >= 0.6 is 0 Å². The summed E-state index contributed by atoms with van der Waals surface area (Å²) < 4.78 is 6.76. The van der Waals surface area contributed by atoms with Gasteiger partial charge in [0.05, 0.1) is 6.10 Å². The second-order valence-corrected chi connectivity index (χ2v) is 13.9. The molecule has 2 nitrogen and oxygen atoms in total. The number of hydrogen-bond acceptors (Lipinski definition) is 2. The molecule has 0 amide bonds. The third-order valence-corrected chi connectivity index (χ3v) is 11.3. The molecule has 2 rings (SSSR count). The number of aldehydes is 1. The van der Waals surface area contributed by atoms with Crippen LogP contribution < -0.4 is 0 Å². The highest BCUT2D eigenvalue weighted by Gasteiger charge is 2.50. The largest absolute Gasteiger partial charge is 0.413 e. The molecule has 0 aromatic carbocycles. The van der Waals surface area contributed by atoms with E-state index in [0.717, 1.165) is 12.8 Å². The Morgan fingerprint density at radius 3 is 2.41 bits per heavy atom. The number of allylic oxidation sites excluding steroid dienone is 1.